The predicted octanol–water partition coefficient (Wildman–Crippen LogP) is 6.60. The number of rotatable bonds is 9. The zero-order valence-corrected chi connectivity index (χ0v) is 21.8. The molecule has 5 nitrogen and oxygen atoms in total. The van der Waals surface area contributed by atoms with E-state index in [1.807, 2.05) is 0 Å². The fraction of sp³-hybridized carbons (Fsp3) is 0.367. The molecule has 1 unspecified atom stereocenters. The molecular weight excluding hydrogens is 531 g/mol. The maximum absolute atomic E-state index is 14.7. The van der Waals surface area contributed by atoms with Crippen molar-refractivity contribution in [2.45, 2.75) is 31.9 Å². The SMILES string of the molecule is O=C(OC1C[N+]2(CCCOc3ccc(F)cc3F)CCC1CC2)N(Cc1ccc(F)c(F)c1)c1ccccc1F. The van der Waals surface area contributed by atoms with E-state index < -0.39 is 41.3 Å². The average molecular weight is 562 g/mol. The van der Waals surface area contributed by atoms with E-state index in [2.05, 4.69) is 0 Å². The van der Waals surface area contributed by atoms with Crippen molar-refractivity contribution in [1.82, 2.24) is 0 Å². The molecule has 2 bridgehead atoms. The molecule has 3 aromatic carbocycles. The van der Waals surface area contributed by atoms with Crippen LogP contribution in [-0.4, -0.2) is 49.5 Å². The van der Waals surface area contributed by atoms with Crippen LogP contribution in [0.4, 0.5) is 32.4 Å². The van der Waals surface area contributed by atoms with E-state index in [0.29, 0.717) is 17.4 Å². The number of halogens is 5. The summed E-state index contributed by atoms with van der Waals surface area (Å²) in [5.74, 6) is -3.97. The Balaban J connectivity index is 1.24. The van der Waals surface area contributed by atoms with Gasteiger partial charge in [-0.2, -0.15) is 0 Å². The number of fused-ring (bicyclic) bond motifs is 3. The highest BCUT2D eigenvalue weighted by atomic mass is 19.2. The van der Waals surface area contributed by atoms with E-state index in [4.69, 9.17) is 9.47 Å². The Morgan fingerprint density at radius 1 is 0.875 bits per heavy atom. The lowest BCUT2D eigenvalue weighted by Gasteiger charge is -2.52. The summed E-state index contributed by atoms with van der Waals surface area (Å²) >= 11 is 0. The lowest BCUT2D eigenvalue weighted by molar-refractivity contribution is -0.946. The van der Waals surface area contributed by atoms with Gasteiger partial charge in [-0.1, -0.05) is 18.2 Å². The van der Waals surface area contributed by atoms with Gasteiger partial charge in [-0.05, 0) is 42.0 Å². The van der Waals surface area contributed by atoms with Gasteiger partial charge in [0.1, 0.15) is 18.2 Å². The van der Waals surface area contributed by atoms with E-state index in [1.165, 1.54) is 30.3 Å². The Morgan fingerprint density at radius 2 is 1.65 bits per heavy atom. The Labute approximate surface area is 229 Å². The van der Waals surface area contributed by atoms with Gasteiger partial charge >= 0.3 is 6.09 Å². The second kappa shape index (κ2) is 11.8. The molecule has 10 heteroatoms. The number of amides is 1. The molecule has 6 rings (SSSR count). The lowest BCUT2D eigenvalue weighted by Crippen LogP contribution is -2.65. The number of nitrogens with zero attached hydrogens (tertiary/aromatic N) is 2. The minimum Gasteiger partial charge on any atom is -0.490 e. The Morgan fingerprint density at radius 3 is 2.38 bits per heavy atom. The number of anilines is 1. The highest BCUT2D eigenvalue weighted by Crippen LogP contribution is 2.36. The monoisotopic (exact) mass is 561 g/mol. The first kappa shape index (κ1) is 27.9. The van der Waals surface area contributed by atoms with Crippen LogP contribution in [0.15, 0.2) is 60.7 Å². The third-order valence-corrected chi connectivity index (χ3v) is 7.91. The van der Waals surface area contributed by atoms with Gasteiger partial charge in [-0.15, -0.1) is 0 Å². The van der Waals surface area contributed by atoms with Crippen LogP contribution in [0.25, 0.3) is 0 Å². The molecule has 3 saturated heterocycles. The van der Waals surface area contributed by atoms with Gasteiger partial charge in [0.05, 0.1) is 38.5 Å². The molecule has 0 saturated carbocycles. The van der Waals surface area contributed by atoms with Crippen molar-refractivity contribution in [3.63, 3.8) is 0 Å². The summed E-state index contributed by atoms with van der Waals surface area (Å²) in [5.41, 5.74) is 0.265. The summed E-state index contributed by atoms with van der Waals surface area (Å²) in [6.45, 7) is 3.19. The number of hydrogen-bond acceptors (Lipinski definition) is 3. The van der Waals surface area contributed by atoms with Crippen LogP contribution in [-0.2, 0) is 11.3 Å². The first-order valence-electron chi connectivity index (χ1n) is 13.3. The molecule has 3 aliphatic rings. The fourth-order valence-corrected chi connectivity index (χ4v) is 5.78. The summed E-state index contributed by atoms with van der Waals surface area (Å²) in [4.78, 5) is 14.6. The zero-order valence-electron chi connectivity index (χ0n) is 21.8. The smallest absolute Gasteiger partial charge is 0.415 e. The number of carbonyl (C=O) groups excluding carboxylic acids is 1. The maximum Gasteiger partial charge on any atom is 0.415 e. The van der Waals surface area contributed by atoms with Gasteiger partial charge in [0.2, 0.25) is 0 Å². The normalized spacial score (nSPS) is 21.7. The molecule has 40 heavy (non-hydrogen) atoms. The van der Waals surface area contributed by atoms with Crippen molar-refractivity contribution in [2.75, 3.05) is 37.7 Å². The highest BCUT2D eigenvalue weighted by Gasteiger charge is 2.47. The number of ether oxygens (including phenoxy) is 2. The van der Waals surface area contributed by atoms with E-state index in [-0.39, 0.29) is 36.1 Å². The third-order valence-electron chi connectivity index (χ3n) is 7.91. The predicted molar refractivity (Wildman–Crippen MR) is 138 cm³/mol. The molecule has 1 amide bonds. The van der Waals surface area contributed by atoms with Crippen LogP contribution in [0.3, 0.4) is 0 Å². The molecule has 1 atom stereocenters. The summed E-state index contributed by atoms with van der Waals surface area (Å²) < 4.78 is 81.2. The van der Waals surface area contributed by atoms with Crippen LogP contribution in [0.5, 0.6) is 5.75 Å². The van der Waals surface area contributed by atoms with Gasteiger partial charge in [0.15, 0.2) is 29.3 Å². The molecule has 0 N–H and O–H groups in total. The van der Waals surface area contributed by atoms with Crippen LogP contribution in [0, 0.1) is 35.0 Å². The lowest BCUT2D eigenvalue weighted by atomic mass is 9.83. The van der Waals surface area contributed by atoms with Gasteiger partial charge in [0, 0.05) is 31.2 Å². The molecule has 3 aliphatic heterocycles. The van der Waals surface area contributed by atoms with E-state index in [1.54, 1.807) is 6.07 Å². The summed E-state index contributed by atoms with van der Waals surface area (Å²) in [5, 5.41) is 0. The number of para-hydroxylation sites is 1. The van der Waals surface area contributed by atoms with Gasteiger partial charge in [-0.3, -0.25) is 4.90 Å². The van der Waals surface area contributed by atoms with Gasteiger partial charge in [-0.25, -0.2) is 26.7 Å². The Kier molecular flexibility index (Phi) is 8.25. The molecule has 3 aromatic rings. The number of quaternary nitrogens is 1. The standard InChI is InChI=1S/C30H30F5N2O3/c31-22-7-9-28(26(35)17-22)39-15-3-12-37-13-10-21(11-14-37)29(19-37)40-30(38)36(27-5-2-1-4-24(27)33)18-20-6-8-23(32)25(34)16-20/h1-2,4-9,16-17,21,29H,3,10-15,18-19H2/q+1. The number of piperidine rings is 3. The quantitative estimate of drug-likeness (QED) is 0.168. The molecule has 0 aromatic heterocycles. The number of hydrogen-bond donors (Lipinski definition) is 0. The van der Waals surface area contributed by atoms with E-state index in [9.17, 15) is 26.7 Å². The first-order valence-corrected chi connectivity index (χ1v) is 13.3. The number of carbonyl (C=O) groups is 1. The minimum absolute atomic E-state index is 0.000157. The molecular formula is C30H30F5N2O3+. The fourth-order valence-electron chi connectivity index (χ4n) is 5.78. The summed E-state index contributed by atoms with van der Waals surface area (Å²) in [6.07, 6.45) is 1.17. The van der Waals surface area contributed by atoms with Gasteiger partial charge < -0.3 is 14.0 Å². The highest BCUT2D eigenvalue weighted by molar-refractivity contribution is 5.87. The second-order valence-corrected chi connectivity index (χ2v) is 10.5. The van der Waals surface area contributed by atoms with Crippen molar-refractivity contribution in [3.8, 4) is 5.75 Å². The van der Waals surface area contributed by atoms with Crippen LogP contribution in [0.1, 0.15) is 24.8 Å². The molecule has 212 valence electrons. The van der Waals surface area contributed by atoms with Crippen LogP contribution >= 0.6 is 0 Å². The van der Waals surface area contributed by atoms with Crippen molar-refractivity contribution in [1.29, 1.82) is 0 Å². The Hall–Kier alpha value is -3.66. The molecule has 3 fully saturated rings. The van der Waals surface area contributed by atoms with Crippen molar-refractivity contribution in [2.24, 2.45) is 5.92 Å². The molecule has 3 heterocycles. The zero-order chi connectivity index (χ0) is 28.3. The second-order valence-electron chi connectivity index (χ2n) is 10.5. The van der Waals surface area contributed by atoms with Crippen molar-refractivity contribution < 1.29 is 40.7 Å². The van der Waals surface area contributed by atoms with E-state index >= 15 is 0 Å². The van der Waals surface area contributed by atoms with Crippen LogP contribution < -0.4 is 9.64 Å². The molecule has 0 radical (unpaired) electrons. The van der Waals surface area contributed by atoms with E-state index in [0.717, 1.165) is 61.6 Å². The van der Waals surface area contributed by atoms with Gasteiger partial charge in [0.25, 0.3) is 0 Å². The van der Waals surface area contributed by atoms with Crippen LogP contribution in [0.2, 0.25) is 0 Å². The third kappa shape index (κ3) is 6.22. The first-order chi connectivity index (χ1) is 19.2. The molecule has 0 spiro atoms. The summed E-state index contributed by atoms with van der Waals surface area (Å²) in [7, 11) is 0. The summed E-state index contributed by atoms with van der Waals surface area (Å²) in [6, 6.07) is 12.2. The van der Waals surface area contributed by atoms with Crippen molar-refractivity contribution in [3.05, 3.63) is 95.3 Å². The van der Waals surface area contributed by atoms with Crippen molar-refractivity contribution >= 4 is 11.8 Å². The minimum atomic E-state index is -1.06. The molecule has 0 aliphatic carbocycles. The average Bonchev–Trinajstić information content (AvgIpc) is 2.94. The largest absolute Gasteiger partial charge is 0.490 e. The number of benzene rings is 3. The Bertz CT molecular complexity index is 1360. The maximum atomic E-state index is 14.7. The topological polar surface area (TPSA) is 38.8 Å².